The van der Waals surface area contributed by atoms with Crippen molar-refractivity contribution in [2.45, 2.75) is 40.0 Å². The van der Waals surface area contributed by atoms with E-state index in [1.165, 1.54) is 30.9 Å². The average Bonchev–Trinajstić information content (AvgIpc) is 3.56. The molecule has 1 aliphatic heterocycles. The SMILES string of the molecule is C=C/C=C(/c1cc(C)cc(F)c1)c1cc(-c2[nH]nc3ncc(C(/C=C(\C=C)CN4CCCCC4)=C/C)cc23)[nH]c1C. The van der Waals surface area contributed by atoms with Crippen LogP contribution >= 0.6 is 0 Å². The lowest BCUT2D eigenvalue weighted by Gasteiger charge is -2.26. The fourth-order valence-electron chi connectivity index (χ4n) is 5.66. The Labute approximate surface area is 241 Å². The van der Waals surface area contributed by atoms with Crippen LogP contribution in [0.4, 0.5) is 4.39 Å². The van der Waals surface area contributed by atoms with E-state index in [4.69, 9.17) is 0 Å². The largest absolute Gasteiger partial charge is 0.357 e. The topological polar surface area (TPSA) is 60.6 Å². The van der Waals surface area contributed by atoms with Crippen LogP contribution < -0.4 is 0 Å². The second-order valence-corrected chi connectivity index (χ2v) is 10.8. The summed E-state index contributed by atoms with van der Waals surface area (Å²) in [5, 5.41) is 8.60. The summed E-state index contributed by atoms with van der Waals surface area (Å²) in [4.78, 5) is 10.7. The molecule has 1 aromatic carbocycles. The predicted octanol–water partition coefficient (Wildman–Crippen LogP) is 8.33. The zero-order chi connectivity index (χ0) is 28.9. The van der Waals surface area contributed by atoms with Crippen molar-refractivity contribution in [2.75, 3.05) is 19.6 Å². The Balaban J connectivity index is 1.50. The van der Waals surface area contributed by atoms with E-state index in [1.54, 1.807) is 12.1 Å². The minimum atomic E-state index is -0.258. The van der Waals surface area contributed by atoms with Crippen molar-refractivity contribution in [3.8, 4) is 11.4 Å². The molecular weight excluding hydrogens is 509 g/mol. The minimum absolute atomic E-state index is 0.258. The third-order valence-electron chi connectivity index (χ3n) is 7.72. The molecule has 1 fully saturated rings. The molecule has 210 valence electrons. The van der Waals surface area contributed by atoms with Crippen LogP contribution in [-0.4, -0.2) is 44.7 Å². The summed E-state index contributed by atoms with van der Waals surface area (Å²) in [6.07, 6.45) is 15.7. The van der Waals surface area contributed by atoms with Crippen molar-refractivity contribution >= 4 is 22.2 Å². The van der Waals surface area contributed by atoms with Crippen molar-refractivity contribution < 1.29 is 4.39 Å². The summed E-state index contributed by atoms with van der Waals surface area (Å²) in [5.74, 6) is -0.258. The van der Waals surface area contributed by atoms with Crippen LogP contribution in [0, 0.1) is 19.7 Å². The van der Waals surface area contributed by atoms with E-state index in [0.717, 1.165) is 75.5 Å². The Hall–Kier alpha value is -4.29. The van der Waals surface area contributed by atoms with E-state index in [9.17, 15) is 4.39 Å². The maximum atomic E-state index is 14.3. The van der Waals surface area contributed by atoms with Gasteiger partial charge in [0, 0.05) is 34.9 Å². The second-order valence-electron chi connectivity index (χ2n) is 10.8. The number of benzene rings is 1. The molecule has 41 heavy (non-hydrogen) atoms. The zero-order valence-electron chi connectivity index (χ0n) is 24.2. The Morgan fingerprint density at radius 2 is 1.85 bits per heavy atom. The lowest BCUT2D eigenvalue weighted by Crippen LogP contribution is -2.31. The summed E-state index contributed by atoms with van der Waals surface area (Å²) in [6.45, 7) is 17.1. The fourth-order valence-corrected chi connectivity index (χ4v) is 5.66. The molecule has 2 N–H and O–H groups in total. The molecule has 4 aromatic rings. The fraction of sp³-hybridized carbons (Fsp3) is 0.257. The Morgan fingerprint density at radius 1 is 1.05 bits per heavy atom. The summed E-state index contributed by atoms with van der Waals surface area (Å²) in [5.41, 5.74) is 10.2. The van der Waals surface area contributed by atoms with E-state index in [-0.39, 0.29) is 5.82 Å². The van der Waals surface area contributed by atoms with Gasteiger partial charge in [-0.1, -0.05) is 56.0 Å². The van der Waals surface area contributed by atoms with Gasteiger partial charge < -0.3 is 4.98 Å². The first-order chi connectivity index (χ1) is 19.9. The number of pyridine rings is 1. The highest BCUT2D eigenvalue weighted by atomic mass is 19.1. The molecule has 5 rings (SSSR count). The van der Waals surface area contributed by atoms with Crippen LogP contribution in [0.15, 0.2) is 85.6 Å². The molecule has 0 spiro atoms. The number of nitrogens with zero attached hydrogens (tertiary/aromatic N) is 3. The van der Waals surface area contributed by atoms with Crippen molar-refractivity contribution in [3.05, 3.63) is 119 Å². The first-order valence-electron chi connectivity index (χ1n) is 14.3. The van der Waals surface area contributed by atoms with Crippen molar-refractivity contribution in [1.82, 2.24) is 25.1 Å². The van der Waals surface area contributed by atoms with Crippen LogP contribution in [-0.2, 0) is 0 Å². The molecule has 0 radical (unpaired) electrons. The molecule has 4 heterocycles. The number of aromatic nitrogens is 4. The van der Waals surface area contributed by atoms with Crippen LogP contribution in [0.3, 0.4) is 0 Å². The van der Waals surface area contributed by atoms with E-state index in [2.05, 4.69) is 69.4 Å². The molecule has 1 aliphatic rings. The quantitative estimate of drug-likeness (QED) is 0.207. The normalized spacial score (nSPS) is 15.5. The minimum Gasteiger partial charge on any atom is -0.357 e. The number of hydrogen-bond acceptors (Lipinski definition) is 3. The van der Waals surface area contributed by atoms with E-state index >= 15 is 0 Å². The number of allylic oxidation sites excluding steroid dienone is 5. The number of aryl methyl sites for hydroxylation is 2. The maximum Gasteiger partial charge on any atom is 0.181 e. The first kappa shape index (κ1) is 28.2. The van der Waals surface area contributed by atoms with Crippen LogP contribution in [0.25, 0.3) is 33.6 Å². The number of aromatic amines is 2. The van der Waals surface area contributed by atoms with Crippen LogP contribution in [0.1, 0.15) is 54.1 Å². The molecule has 5 nitrogen and oxygen atoms in total. The predicted molar refractivity (Wildman–Crippen MR) is 169 cm³/mol. The highest BCUT2D eigenvalue weighted by molar-refractivity contribution is 5.94. The van der Waals surface area contributed by atoms with Gasteiger partial charge in [0.15, 0.2) is 5.65 Å². The molecule has 0 bridgehead atoms. The molecule has 0 saturated carbocycles. The number of nitrogens with one attached hydrogen (secondary N) is 2. The Kier molecular flexibility index (Phi) is 8.60. The second kappa shape index (κ2) is 12.5. The van der Waals surface area contributed by atoms with Gasteiger partial charge in [-0.2, -0.15) is 5.10 Å². The van der Waals surface area contributed by atoms with Crippen molar-refractivity contribution in [2.24, 2.45) is 0 Å². The highest BCUT2D eigenvalue weighted by Crippen LogP contribution is 2.34. The van der Waals surface area contributed by atoms with Gasteiger partial charge in [0.2, 0.25) is 0 Å². The highest BCUT2D eigenvalue weighted by Gasteiger charge is 2.18. The van der Waals surface area contributed by atoms with Gasteiger partial charge in [-0.05, 0) is 98.8 Å². The number of likely N-dealkylation sites (tertiary alicyclic amines) is 1. The monoisotopic (exact) mass is 547 g/mol. The number of piperidine rings is 1. The summed E-state index contributed by atoms with van der Waals surface area (Å²) < 4.78 is 14.3. The number of fused-ring (bicyclic) bond motifs is 1. The standard InChI is InChI=1S/C35H38FN5/c1-6-12-30(27-15-23(4)16-29(36)18-27)31-20-33(38-24(31)5)34-32-19-28(21-37-35(32)40-39-34)26(8-3)17-25(7-2)22-41-13-10-9-11-14-41/h6-8,12,15-21,38H,1-2,9-11,13-14,22H2,3-5H3,(H,37,39,40)/b25-17+,26-8+,30-12-. The summed E-state index contributed by atoms with van der Waals surface area (Å²) in [6, 6.07) is 9.30. The Bertz CT molecular complexity index is 1650. The van der Waals surface area contributed by atoms with E-state index in [1.807, 2.05) is 38.3 Å². The summed E-state index contributed by atoms with van der Waals surface area (Å²) >= 11 is 0. The molecule has 0 aliphatic carbocycles. The molecule has 0 atom stereocenters. The van der Waals surface area contributed by atoms with Gasteiger partial charge in [-0.25, -0.2) is 9.37 Å². The van der Waals surface area contributed by atoms with E-state index in [0.29, 0.717) is 5.65 Å². The molecule has 6 heteroatoms. The number of hydrogen-bond donors (Lipinski definition) is 2. The van der Waals surface area contributed by atoms with Gasteiger partial charge in [0.25, 0.3) is 0 Å². The lowest BCUT2D eigenvalue weighted by molar-refractivity contribution is 0.248. The molecule has 3 aromatic heterocycles. The van der Waals surface area contributed by atoms with Crippen molar-refractivity contribution in [1.29, 1.82) is 0 Å². The third-order valence-corrected chi connectivity index (χ3v) is 7.72. The Morgan fingerprint density at radius 3 is 2.56 bits per heavy atom. The molecule has 0 unspecified atom stereocenters. The van der Waals surface area contributed by atoms with Gasteiger partial charge in [-0.3, -0.25) is 10.00 Å². The third kappa shape index (κ3) is 6.23. The van der Waals surface area contributed by atoms with Crippen LogP contribution in [0.2, 0.25) is 0 Å². The molecule has 0 amide bonds. The van der Waals surface area contributed by atoms with Crippen LogP contribution in [0.5, 0.6) is 0 Å². The zero-order valence-corrected chi connectivity index (χ0v) is 24.2. The molecule has 1 saturated heterocycles. The lowest BCUT2D eigenvalue weighted by atomic mass is 9.96. The number of halogens is 1. The van der Waals surface area contributed by atoms with Gasteiger partial charge in [0.1, 0.15) is 5.82 Å². The van der Waals surface area contributed by atoms with Gasteiger partial charge >= 0.3 is 0 Å². The van der Waals surface area contributed by atoms with E-state index < -0.39 is 0 Å². The number of rotatable bonds is 9. The van der Waals surface area contributed by atoms with Gasteiger partial charge in [-0.15, -0.1) is 0 Å². The van der Waals surface area contributed by atoms with Crippen molar-refractivity contribution in [3.63, 3.8) is 0 Å². The smallest absolute Gasteiger partial charge is 0.181 e. The summed E-state index contributed by atoms with van der Waals surface area (Å²) in [7, 11) is 0. The molecular formula is C35H38FN5. The average molecular weight is 548 g/mol. The number of H-pyrrole nitrogens is 2. The first-order valence-corrected chi connectivity index (χ1v) is 14.3. The van der Waals surface area contributed by atoms with Gasteiger partial charge in [0.05, 0.1) is 11.4 Å². The maximum absolute atomic E-state index is 14.3.